The molecule has 0 aliphatic carbocycles. The quantitative estimate of drug-likeness (QED) is 0.652. The third kappa shape index (κ3) is 2.65. The molecule has 3 aromatic rings. The van der Waals surface area contributed by atoms with Gasteiger partial charge in [-0.15, -0.1) is 22.7 Å². The second-order valence-electron chi connectivity index (χ2n) is 4.09. The fraction of sp³-hybridized carbons (Fsp3) is 0.231. The van der Waals surface area contributed by atoms with E-state index in [0.29, 0.717) is 6.61 Å². The van der Waals surface area contributed by atoms with Gasteiger partial charge in [-0.25, -0.2) is 4.98 Å². The van der Waals surface area contributed by atoms with Gasteiger partial charge in [-0.3, -0.25) is 9.20 Å². The van der Waals surface area contributed by atoms with Gasteiger partial charge in [0.15, 0.2) is 4.96 Å². The number of carbonyl (C=O) groups is 1. The van der Waals surface area contributed by atoms with Gasteiger partial charge < -0.3 is 4.74 Å². The molecule has 0 fully saturated rings. The number of esters is 1. The number of fused-ring (bicyclic) bond motifs is 1. The van der Waals surface area contributed by atoms with Crippen molar-refractivity contribution in [3.05, 3.63) is 33.2 Å². The molecule has 0 bridgehead atoms. The summed E-state index contributed by atoms with van der Waals surface area (Å²) in [5.74, 6) is -0.207. The van der Waals surface area contributed by atoms with Gasteiger partial charge in [-0.2, -0.15) is 0 Å². The number of thiophene rings is 1. The number of rotatable bonds is 4. The number of halogens is 1. The lowest BCUT2D eigenvalue weighted by atomic mass is 10.3. The van der Waals surface area contributed by atoms with Crippen molar-refractivity contribution in [3.63, 3.8) is 0 Å². The maximum Gasteiger partial charge on any atom is 0.311 e. The Balaban J connectivity index is 1.92. The lowest BCUT2D eigenvalue weighted by Gasteiger charge is -2.00. The smallest absolute Gasteiger partial charge is 0.311 e. The second kappa shape index (κ2) is 5.67. The molecule has 0 atom stereocenters. The zero-order valence-corrected chi connectivity index (χ0v) is 13.8. The third-order valence-electron chi connectivity index (χ3n) is 2.74. The highest BCUT2D eigenvalue weighted by Crippen LogP contribution is 2.32. The van der Waals surface area contributed by atoms with Crippen molar-refractivity contribution in [1.29, 1.82) is 0 Å². The highest BCUT2D eigenvalue weighted by molar-refractivity contribution is 9.11. The van der Waals surface area contributed by atoms with E-state index in [1.807, 2.05) is 35.0 Å². The van der Waals surface area contributed by atoms with Gasteiger partial charge in [-0.05, 0) is 35.0 Å². The summed E-state index contributed by atoms with van der Waals surface area (Å²) in [5.41, 5.74) is 1.84. The van der Waals surface area contributed by atoms with E-state index in [2.05, 4.69) is 20.9 Å². The summed E-state index contributed by atoms with van der Waals surface area (Å²) in [4.78, 5) is 18.2. The summed E-state index contributed by atoms with van der Waals surface area (Å²) in [7, 11) is 0. The van der Waals surface area contributed by atoms with E-state index in [4.69, 9.17) is 4.74 Å². The Labute approximate surface area is 132 Å². The zero-order chi connectivity index (χ0) is 14.1. The van der Waals surface area contributed by atoms with Crippen LogP contribution in [0, 0.1) is 0 Å². The average Bonchev–Trinajstić information content (AvgIpc) is 3.06. The summed E-state index contributed by atoms with van der Waals surface area (Å²) in [5, 5.41) is 1.95. The van der Waals surface area contributed by atoms with Crippen LogP contribution in [0.1, 0.15) is 12.6 Å². The maximum absolute atomic E-state index is 11.6. The fourth-order valence-electron chi connectivity index (χ4n) is 1.89. The van der Waals surface area contributed by atoms with Crippen molar-refractivity contribution >= 4 is 49.5 Å². The molecule has 0 spiro atoms. The molecular formula is C13H11BrN2O2S2. The molecule has 0 aliphatic heterocycles. The number of aromatic nitrogens is 2. The fourth-order valence-corrected chi connectivity index (χ4v) is 4.10. The van der Waals surface area contributed by atoms with Crippen LogP contribution in [0.4, 0.5) is 0 Å². The molecular weight excluding hydrogens is 360 g/mol. The molecule has 0 unspecified atom stereocenters. The van der Waals surface area contributed by atoms with Gasteiger partial charge >= 0.3 is 5.97 Å². The Hall–Kier alpha value is -1.18. The largest absolute Gasteiger partial charge is 0.466 e. The van der Waals surface area contributed by atoms with Crippen LogP contribution in [0.3, 0.4) is 0 Å². The van der Waals surface area contributed by atoms with Gasteiger partial charge in [-0.1, -0.05) is 0 Å². The number of thiazole rings is 1. The summed E-state index contributed by atoms with van der Waals surface area (Å²) in [6.45, 7) is 2.22. The van der Waals surface area contributed by atoms with E-state index in [1.54, 1.807) is 11.3 Å². The molecule has 0 aromatic carbocycles. The number of hydrogen-bond donors (Lipinski definition) is 0. The number of carbonyl (C=O) groups excluding carboxylic acids is 1. The van der Waals surface area contributed by atoms with E-state index in [1.165, 1.54) is 11.3 Å². The molecule has 4 nitrogen and oxygen atoms in total. The highest BCUT2D eigenvalue weighted by Gasteiger charge is 2.13. The first-order chi connectivity index (χ1) is 9.67. The van der Waals surface area contributed by atoms with Gasteiger partial charge in [0.05, 0.1) is 21.7 Å². The SMILES string of the molecule is CCOC(=O)Cc1csc2nc(-c3ccc(Br)s3)cn12. The first-order valence-electron chi connectivity index (χ1n) is 6.04. The van der Waals surface area contributed by atoms with Crippen molar-refractivity contribution in [1.82, 2.24) is 9.38 Å². The molecule has 7 heteroatoms. The lowest BCUT2D eigenvalue weighted by molar-refractivity contribution is -0.142. The molecule has 20 heavy (non-hydrogen) atoms. The van der Waals surface area contributed by atoms with Crippen LogP contribution in [-0.4, -0.2) is 22.0 Å². The van der Waals surface area contributed by atoms with Crippen molar-refractivity contribution in [3.8, 4) is 10.6 Å². The molecule has 0 N–H and O–H groups in total. The van der Waals surface area contributed by atoms with Crippen LogP contribution in [0.15, 0.2) is 27.5 Å². The molecule has 104 valence electrons. The minimum Gasteiger partial charge on any atom is -0.466 e. The second-order valence-corrected chi connectivity index (χ2v) is 7.39. The van der Waals surface area contributed by atoms with E-state index in [-0.39, 0.29) is 12.4 Å². The number of ether oxygens (including phenoxy) is 1. The predicted octanol–water partition coefficient (Wildman–Crippen LogP) is 3.99. The van der Waals surface area contributed by atoms with Crippen LogP contribution in [0.2, 0.25) is 0 Å². The monoisotopic (exact) mass is 370 g/mol. The molecule has 0 saturated heterocycles. The van der Waals surface area contributed by atoms with E-state index >= 15 is 0 Å². The molecule has 3 rings (SSSR count). The molecule has 0 radical (unpaired) electrons. The van der Waals surface area contributed by atoms with Crippen molar-refractivity contribution < 1.29 is 9.53 Å². The third-order valence-corrected chi connectivity index (χ3v) is 5.27. The molecule has 0 saturated carbocycles. The van der Waals surface area contributed by atoms with Crippen molar-refractivity contribution in [2.24, 2.45) is 0 Å². The van der Waals surface area contributed by atoms with Gasteiger partial charge in [0.2, 0.25) is 0 Å². The molecule has 3 aromatic heterocycles. The van der Waals surface area contributed by atoms with Crippen LogP contribution in [-0.2, 0) is 16.0 Å². The van der Waals surface area contributed by atoms with Crippen LogP contribution >= 0.6 is 38.6 Å². The lowest BCUT2D eigenvalue weighted by Crippen LogP contribution is -2.08. The Kier molecular flexibility index (Phi) is 3.91. The Morgan fingerprint density at radius 1 is 1.50 bits per heavy atom. The van der Waals surface area contributed by atoms with Crippen LogP contribution < -0.4 is 0 Å². The molecule has 3 heterocycles. The average molecular weight is 371 g/mol. The topological polar surface area (TPSA) is 43.6 Å². The highest BCUT2D eigenvalue weighted by atomic mass is 79.9. The van der Waals surface area contributed by atoms with Crippen LogP contribution in [0.5, 0.6) is 0 Å². The minimum atomic E-state index is -0.207. The maximum atomic E-state index is 11.6. The summed E-state index contributed by atoms with van der Waals surface area (Å²) < 4.78 is 8.03. The van der Waals surface area contributed by atoms with Gasteiger partial charge in [0, 0.05) is 17.3 Å². The Morgan fingerprint density at radius 3 is 3.05 bits per heavy atom. The standard InChI is InChI=1S/C13H11BrN2O2S2/c1-2-18-12(17)5-8-7-19-13-15-9(6-16(8)13)10-3-4-11(14)20-10/h3-4,6-7H,2,5H2,1H3. The zero-order valence-electron chi connectivity index (χ0n) is 10.6. The van der Waals surface area contributed by atoms with E-state index in [9.17, 15) is 4.79 Å². The number of imidazole rings is 1. The Morgan fingerprint density at radius 2 is 2.35 bits per heavy atom. The number of hydrogen-bond acceptors (Lipinski definition) is 5. The van der Waals surface area contributed by atoms with E-state index in [0.717, 1.165) is 25.0 Å². The molecule has 0 aliphatic rings. The Bertz CT molecular complexity index is 759. The van der Waals surface area contributed by atoms with Crippen LogP contribution in [0.25, 0.3) is 15.5 Å². The summed E-state index contributed by atoms with van der Waals surface area (Å²) >= 11 is 6.63. The predicted molar refractivity (Wildman–Crippen MR) is 84.4 cm³/mol. The first-order valence-corrected chi connectivity index (χ1v) is 8.53. The normalized spacial score (nSPS) is 11.1. The summed E-state index contributed by atoms with van der Waals surface area (Å²) in [6.07, 6.45) is 2.25. The van der Waals surface area contributed by atoms with Gasteiger partial charge in [0.25, 0.3) is 0 Å². The summed E-state index contributed by atoms with van der Waals surface area (Å²) in [6, 6.07) is 4.04. The molecule has 0 amide bonds. The van der Waals surface area contributed by atoms with Crippen molar-refractivity contribution in [2.75, 3.05) is 6.61 Å². The van der Waals surface area contributed by atoms with E-state index < -0.39 is 0 Å². The number of nitrogens with zero attached hydrogens (tertiary/aromatic N) is 2. The minimum absolute atomic E-state index is 0.207. The van der Waals surface area contributed by atoms with Crippen molar-refractivity contribution in [2.45, 2.75) is 13.3 Å². The van der Waals surface area contributed by atoms with Gasteiger partial charge in [0.1, 0.15) is 5.69 Å². The first kappa shape index (κ1) is 13.8.